The molecule has 1 fully saturated rings. The quantitative estimate of drug-likeness (QED) is 0.798. The summed E-state index contributed by atoms with van der Waals surface area (Å²) in [5.74, 6) is 0.429. The summed E-state index contributed by atoms with van der Waals surface area (Å²) < 4.78 is 7.66. The van der Waals surface area contributed by atoms with Crippen molar-refractivity contribution in [2.24, 2.45) is 0 Å². The molecule has 1 aliphatic rings. The minimum absolute atomic E-state index is 0.0623. The van der Waals surface area contributed by atoms with E-state index in [0.717, 1.165) is 18.4 Å². The normalized spacial score (nSPS) is 24.5. The summed E-state index contributed by atoms with van der Waals surface area (Å²) in [5.41, 5.74) is 7.37. The molecule has 0 radical (unpaired) electrons. The molecule has 1 unspecified atom stereocenters. The summed E-state index contributed by atoms with van der Waals surface area (Å²) >= 11 is 0. The number of ether oxygens (including phenoxy) is 1. The molecule has 1 saturated heterocycles. The van der Waals surface area contributed by atoms with Crippen LogP contribution in [0, 0.1) is 0 Å². The third-order valence-corrected chi connectivity index (χ3v) is 3.12. The van der Waals surface area contributed by atoms with Gasteiger partial charge in [0.15, 0.2) is 5.82 Å². The number of imidazole rings is 1. The van der Waals surface area contributed by atoms with Crippen LogP contribution < -0.4 is 5.73 Å². The van der Waals surface area contributed by atoms with E-state index in [1.165, 1.54) is 0 Å². The van der Waals surface area contributed by atoms with E-state index in [2.05, 4.69) is 9.97 Å². The van der Waals surface area contributed by atoms with E-state index in [0.29, 0.717) is 11.3 Å². The molecule has 0 bridgehead atoms. The first-order valence-electron chi connectivity index (χ1n) is 5.63. The Bertz CT molecular complexity index is 539. The maximum absolute atomic E-state index is 9.06. The first-order valence-corrected chi connectivity index (χ1v) is 5.63. The van der Waals surface area contributed by atoms with E-state index < -0.39 is 0 Å². The number of nitrogens with zero attached hydrogens (tertiary/aromatic N) is 3. The van der Waals surface area contributed by atoms with Gasteiger partial charge in [0.05, 0.1) is 24.6 Å². The van der Waals surface area contributed by atoms with Crippen molar-refractivity contribution in [1.82, 2.24) is 14.5 Å². The summed E-state index contributed by atoms with van der Waals surface area (Å²) in [6.45, 7) is 0.0623. The first-order chi connectivity index (χ1) is 8.29. The number of nitrogens with two attached hydrogens (primary N) is 1. The third kappa shape index (κ3) is 1.65. The highest BCUT2D eigenvalue weighted by Crippen LogP contribution is 2.31. The SMILES string of the molecule is Nc1nccc2c1ncn2C1CC[C@@H](CO)O1. The topological polar surface area (TPSA) is 86.2 Å². The third-order valence-electron chi connectivity index (χ3n) is 3.12. The number of pyridine rings is 1. The highest BCUT2D eigenvalue weighted by atomic mass is 16.5. The van der Waals surface area contributed by atoms with Gasteiger partial charge in [-0.25, -0.2) is 9.97 Å². The fraction of sp³-hybridized carbons (Fsp3) is 0.455. The monoisotopic (exact) mass is 234 g/mol. The zero-order valence-electron chi connectivity index (χ0n) is 9.28. The second kappa shape index (κ2) is 3.97. The van der Waals surface area contributed by atoms with Gasteiger partial charge in [0.1, 0.15) is 11.7 Å². The second-order valence-electron chi connectivity index (χ2n) is 4.19. The van der Waals surface area contributed by atoms with E-state index in [-0.39, 0.29) is 18.9 Å². The zero-order valence-corrected chi connectivity index (χ0v) is 9.28. The summed E-state index contributed by atoms with van der Waals surface area (Å²) in [6.07, 6.45) is 4.97. The van der Waals surface area contributed by atoms with Gasteiger partial charge in [-0.3, -0.25) is 0 Å². The van der Waals surface area contributed by atoms with Gasteiger partial charge in [-0.2, -0.15) is 0 Å². The average molecular weight is 234 g/mol. The van der Waals surface area contributed by atoms with Crippen LogP contribution in [0.2, 0.25) is 0 Å². The predicted molar refractivity (Wildman–Crippen MR) is 62.2 cm³/mol. The standard InChI is InChI=1S/C11H14N4O2/c12-11-10-8(3-4-13-11)15(6-14-10)9-2-1-7(5-16)17-9/h3-4,6-7,9,16H,1-2,5H2,(H2,12,13)/t7-,9?/m0/s1. The fourth-order valence-corrected chi connectivity index (χ4v) is 2.24. The molecule has 1 aliphatic heterocycles. The van der Waals surface area contributed by atoms with Crippen LogP contribution in [-0.2, 0) is 4.74 Å². The predicted octanol–water partition coefficient (Wildman–Crippen LogP) is 0.683. The Hall–Kier alpha value is -1.66. The molecule has 6 heteroatoms. The fourth-order valence-electron chi connectivity index (χ4n) is 2.24. The molecule has 6 nitrogen and oxygen atoms in total. The molecule has 0 amide bonds. The van der Waals surface area contributed by atoms with Crippen molar-refractivity contribution in [2.75, 3.05) is 12.3 Å². The molecular weight excluding hydrogens is 220 g/mol. The van der Waals surface area contributed by atoms with Crippen LogP contribution in [0.5, 0.6) is 0 Å². The lowest BCUT2D eigenvalue weighted by atomic mass is 10.2. The van der Waals surface area contributed by atoms with Crippen LogP contribution in [0.1, 0.15) is 19.1 Å². The highest BCUT2D eigenvalue weighted by molar-refractivity contribution is 5.84. The van der Waals surface area contributed by atoms with Gasteiger partial charge in [0, 0.05) is 6.20 Å². The van der Waals surface area contributed by atoms with Crippen LogP contribution >= 0.6 is 0 Å². The van der Waals surface area contributed by atoms with Crippen LogP contribution in [0.4, 0.5) is 5.82 Å². The largest absolute Gasteiger partial charge is 0.394 e. The van der Waals surface area contributed by atoms with E-state index in [4.69, 9.17) is 15.6 Å². The smallest absolute Gasteiger partial charge is 0.151 e. The van der Waals surface area contributed by atoms with Gasteiger partial charge < -0.3 is 20.1 Å². The number of aromatic nitrogens is 3. The van der Waals surface area contributed by atoms with Crippen molar-refractivity contribution >= 4 is 16.9 Å². The Labute approximate surface area is 98.0 Å². The Morgan fingerprint density at radius 1 is 1.47 bits per heavy atom. The first kappa shape index (κ1) is 10.5. The number of aliphatic hydroxyl groups is 1. The number of hydrogen-bond acceptors (Lipinski definition) is 5. The molecule has 0 aliphatic carbocycles. The number of anilines is 1. The number of fused-ring (bicyclic) bond motifs is 1. The van der Waals surface area contributed by atoms with Crippen LogP contribution in [0.25, 0.3) is 11.0 Å². The van der Waals surface area contributed by atoms with Crippen molar-refractivity contribution in [3.05, 3.63) is 18.6 Å². The van der Waals surface area contributed by atoms with Crippen LogP contribution in [-0.4, -0.2) is 32.4 Å². The van der Waals surface area contributed by atoms with Gasteiger partial charge in [0.25, 0.3) is 0 Å². The number of nitrogen functional groups attached to an aromatic ring is 1. The minimum Gasteiger partial charge on any atom is -0.394 e. The zero-order chi connectivity index (χ0) is 11.8. The summed E-state index contributed by atoms with van der Waals surface area (Å²) in [6, 6.07) is 1.87. The lowest BCUT2D eigenvalue weighted by Gasteiger charge is -2.14. The van der Waals surface area contributed by atoms with Gasteiger partial charge in [-0.05, 0) is 18.9 Å². The Kier molecular flexibility index (Phi) is 2.45. The minimum atomic E-state index is -0.0726. The van der Waals surface area contributed by atoms with Crippen molar-refractivity contribution in [2.45, 2.75) is 25.2 Å². The molecule has 3 rings (SSSR count). The summed E-state index contributed by atoms with van der Waals surface area (Å²) in [7, 11) is 0. The van der Waals surface area contributed by atoms with E-state index in [1.807, 2.05) is 10.6 Å². The molecule has 0 aromatic carbocycles. The van der Waals surface area contributed by atoms with Crippen molar-refractivity contribution in [1.29, 1.82) is 0 Å². The Balaban J connectivity index is 1.99. The molecule has 3 heterocycles. The Morgan fingerprint density at radius 2 is 2.35 bits per heavy atom. The number of rotatable bonds is 2. The maximum Gasteiger partial charge on any atom is 0.151 e. The second-order valence-corrected chi connectivity index (χ2v) is 4.19. The molecule has 0 saturated carbocycles. The molecule has 2 aromatic heterocycles. The van der Waals surface area contributed by atoms with E-state index in [1.54, 1.807) is 12.5 Å². The van der Waals surface area contributed by atoms with E-state index >= 15 is 0 Å². The summed E-state index contributed by atoms with van der Waals surface area (Å²) in [5, 5.41) is 9.06. The number of aliphatic hydroxyl groups excluding tert-OH is 1. The van der Waals surface area contributed by atoms with E-state index in [9.17, 15) is 0 Å². The van der Waals surface area contributed by atoms with Crippen LogP contribution in [0.3, 0.4) is 0 Å². The Morgan fingerprint density at radius 3 is 3.12 bits per heavy atom. The van der Waals surface area contributed by atoms with Gasteiger partial charge in [-0.1, -0.05) is 0 Å². The molecule has 3 N–H and O–H groups in total. The molecule has 0 spiro atoms. The highest BCUT2D eigenvalue weighted by Gasteiger charge is 2.27. The number of hydrogen-bond donors (Lipinski definition) is 2. The van der Waals surface area contributed by atoms with Crippen LogP contribution in [0.15, 0.2) is 18.6 Å². The van der Waals surface area contributed by atoms with Crippen molar-refractivity contribution < 1.29 is 9.84 Å². The molecule has 17 heavy (non-hydrogen) atoms. The summed E-state index contributed by atoms with van der Waals surface area (Å²) in [4.78, 5) is 8.25. The van der Waals surface area contributed by atoms with Crippen molar-refractivity contribution in [3.63, 3.8) is 0 Å². The van der Waals surface area contributed by atoms with Crippen molar-refractivity contribution in [3.8, 4) is 0 Å². The lowest BCUT2D eigenvalue weighted by molar-refractivity contribution is -0.0204. The molecule has 2 aromatic rings. The lowest BCUT2D eigenvalue weighted by Crippen LogP contribution is -2.13. The maximum atomic E-state index is 9.06. The average Bonchev–Trinajstić information content (AvgIpc) is 2.94. The molecule has 2 atom stereocenters. The van der Waals surface area contributed by atoms with Gasteiger partial charge in [0.2, 0.25) is 0 Å². The molecular formula is C11H14N4O2. The molecule has 90 valence electrons. The van der Waals surface area contributed by atoms with Gasteiger partial charge >= 0.3 is 0 Å². The van der Waals surface area contributed by atoms with Gasteiger partial charge in [-0.15, -0.1) is 0 Å².